The topological polar surface area (TPSA) is 52.6 Å². The van der Waals surface area contributed by atoms with Crippen molar-refractivity contribution in [3.05, 3.63) is 29.3 Å². The van der Waals surface area contributed by atoms with Gasteiger partial charge in [-0.1, -0.05) is 19.9 Å². The molecule has 1 aromatic rings. The van der Waals surface area contributed by atoms with Gasteiger partial charge in [0.15, 0.2) is 0 Å². The summed E-state index contributed by atoms with van der Waals surface area (Å²) in [5.74, 6) is -0.359. The summed E-state index contributed by atoms with van der Waals surface area (Å²) in [5, 5.41) is 0. The molecule has 4 nitrogen and oxygen atoms in total. The highest BCUT2D eigenvalue weighted by atomic mass is 32.2. The van der Waals surface area contributed by atoms with E-state index in [1.807, 2.05) is 20.8 Å². The van der Waals surface area contributed by atoms with Gasteiger partial charge in [-0.25, -0.2) is 0 Å². The lowest BCUT2D eigenvalue weighted by Crippen LogP contribution is -2.28. The summed E-state index contributed by atoms with van der Waals surface area (Å²) in [5.41, 5.74) is -4.25. The molecule has 23 heavy (non-hydrogen) atoms. The smallest absolute Gasteiger partial charge is 0.376 e. The molecule has 1 aliphatic rings. The number of halogens is 3. The number of rotatable bonds is 6. The molecule has 0 bridgehead atoms. The molecule has 1 saturated carbocycles. The van der Waals surface area contributed by atoms with Crippen molar-refractivity contribution in [2.75, 3.05) is 6.61 Å². The van der Waals surface area contributed by atoms with Crippen LogP contribution < -0.4 is 4.18 Å². The Labute approximate surface area is 133 Å². The molecule has 2 rings (SSSR count). The fourth-order valence-electron chi connectivity index (χ4n) is 2.54. The van der Waals surface area contributed by atoms with Crippen LogP contribution in [0.4, 0.5) is 13.2 Å². The Bertz CT molecular complexity index is 676. The summed E-state index contributed by atoms with van der Waals surface area (Å²) in [6.45, 7) is 6.16. The first-order valence-corrected chi connectivity index (χ1v) is 8.72. The lowest BCUT2D eigenvalue weighted by atomic mass is 9.92. The van der Waals surface area contributed by atoms with E-state index in [9.17, 15) is 21.6 Å². The van der Waals surface area contributed by atoms with Gasteiger partial charge in [-0.2, -0.15) is 21.6 Å². The average Bonchev–Trinajstić information content (AvgIpc) is 3.18. The minimum absolute atomic E-state index is 0.0138. The van der Waals surface area contributed by atoms with Gasteiger partial charge >= 0.3 is 15.6 Å². The van der Waals surface area contributed by atoms with Crippen LogP contribution >= 0.6 is 0 Å². The van der Waals surface area contributed by atoms with Gasteiger partial charge in [0.2, 0.25) is 0 Å². The minimum atomic E-state index is -5.67. The number of alkyl halides is 3. The van der Waals surface area contributed by atoms with Gasteiger partial charge in [0.25, 0.3) is 0 Å². The fraction of sp³-hybridized carbons (Fsp3) is 0.600. The van der Waals surface area contributed by atoms with Crippen LogP contribution in [-0.4, -0.2) is 20.5 Å². The second-order valence-electron chi connectivity index (χ2n) is 5.81. The van der Waals surface area contributed by atoms with E-state index in [1.54, 1.807) is 6.07 Å². The third kappa shape index (κ3) is 3.63. The third-order valence-electron chi connectivity index (χ3n) is 3.75. The first kappa shape index (κ1) is 18.1. The van der Waals surface area contributed by atoms with Crippen LogP contribution in [0.3, 0.4) is 0 Å². The molecule has 0 spiro atoms. The number of benzene rings is 1. The second kappa shape index (κ2) is 5.98. The van der Waals surface area contributed by atoms with E-state index in [-0.39, 0.29) is 11.7 Å². The standard InChI is InChI=1S/C15H19F3O4S/c1-4-21-14(7-8-14)13-6-5-11(9-12(13)10(2)3)22-23(19,20)15(16,17)18/h5-6,9-10H,4,7-8H2,1-3H3. The van der Waals surface area contributed by atoms with Gasteiger partial charge in [-0.05, 0) is 48.9 Å². The van der Waals surface area contributed by atoms with Crippen molar-refractivity contribution in [3.63, 3.8) is 0 Å². The van der Waals surface area contributed by atoms with E-state index in [2.05, 4.69) is 4.18 Å². The molecule has 0 N–H and O–H groups in total. The van der Waals surface area contributed by atoms with Gasteiger partial charge in [0, 0.05) is 6.61 Å². The van der Waals surface area contributed by atoms with Crippen molar-refractivity contribution in [2.45, 2.75) is 50.6 Å². The molecule has 0 saturated heterocycles. The van der Waals surface area contributed by atoms with Crippen molar-refractivity contribution < 1.29 is 30.5 Å². The van der Waals surface area contributed by atoms with Gasteiger partial charge < -0.3 is 8.92 Å². The Morgan fingerprint density at radius 3 is 2.30 bits per heavy atom. The highest BCUT2D eigenvalue weighted by molar-refractivity contribution is 7.88. The van der Waals surface area contributed by atoms with Gasteiger partial charge in [-0.3, -0.25) is 0 Å². The van der Waals surface area contributed by atoms with Crippen LogP contribution in [0.5, 0.6) is 5.75 Å². The van der Waals surface area contributed by atoms with Gasteiger partial charge in [0.1, 0.15) is 5.75 Å². The normalized spacial score (nSPS) is 17.3. The highest BCUT2D eigenvalue weighted by Gasteiger charge is 2.49. The summed E-state index contributed by atoms with van der Waals surface area (Å²) >= 11 is 0. The maximum Gasteiger partial charge on any atom is 0.534 e. The van der Waals surface area contributed by atoms with E-state index in [0.717, 1.165) is 24.0 Å². The predicted molar refractivity (Wildman–Crippen MR) is 78.7 cm³/mol. The lowest BCUT2D eigenvalue weighted by molar-refractivity contribution is -0.0500. The summed E-state index contributed by atoms with van der Waals surface area (Å²) in [6.07, 6.45) is 1.67. The van der Waals surface area contributed by atoms with E-state index in [0.29, 0.717) is 6.61 Å². The fourth-order valence-corrected chi connectivity index (χ4v) is 2.99. The van der Waals surface area contributed by atoms with Crippen molar-refractivity contribution in [1.29, 1.82) is 0 Å². The molecule has 0 radical (unpaired) electrons. The molecule has 1 aromatic carbocycles. The monoisotopic (exact) mass is 352 g/mol. The molecule has 0 amide bonds. The zero-order valence-electron chi connectivity index (χ0n) is 13.1. The third-order valence-corrected chi connectivity index (χ3v) is 4.73. The van der Waals surface area contributed by atoms with Crippen molar-refractivity contribution in [2.24, 2.45) is 0 Å². The maximum absolute atomic E-state index is 12.4. The van der Waals surface area contributed by atoms with Crippen LogP contribution in [0.1, 0.15) is 50.7 Å². The van der Waals surface area contributed by atoms with Crippen LogP contribution in [0.25, 0.3) is 0 Å². The number of hydrogen-bond acceptors (Lipinski definition) is 4. The van der Waals surface area contributed by atoms with E-state index >= 15 is 0 Å². The van der Waals surface area contributed by atoms with Crippen LogP contribution in [0.15, 0.2) is 18.2 Å². The van der Waals surface area contributed by atoms with Gasteiger partial charge in [-0.15, -0.1) is 0 Å². The molecule has 1 fully saturated rings. The molecule has 0 aliphatic heterocycles. The average molecular weight is 352 g/mol. The Hall–Kier alpha value is -1.28. The number of hydrogen-bond donors (Lipinski definition) is 0. The summed E-state index contributed by atoms with van der Waals surface area (Å²) in [7, 11) is -5.67. The Kier molecular flexibility index (Phi) is 4.69. The maximum atomic E-state index is 12.4. The Morgan fingerprint density at radius 2 is 1.87 bits per heavy atom. The summed E-state index contributed by atoms with van der Waals surface area (Å²) < 4.78 is 69.5. The minimum Gasteiger partial charge on any atom is -0.376 e. The zero-order valence-corrected chi connectivity index (χ0v) is 13.9. The highest BCUT2D eigenvalue weighted by Crippen LogP contribution is 2.51. The second-order valence-corrected chi connectivity index (χ2v) is 7.35. The lowest BCUT2D eigenvalue weighted by Gasteiger charge is -2.22. The molecule has 8 heteroatoms. The molecular weight excluding hydrogens is 333 g/mol. The number of ether oxygens (including phenoxy) is 1. The summed E-state index contributed by atoms with van der Waals surface area (Å²) in [4.78, 5) is 0. The van der Waals surface area contributed by atoms with Crippen molar-refractivity contribution >= 4 is 10.1 Å². The predicted octanol–water partition coefficient (Wildman–Crippen LogP) is 4.06. The summed E-state index contributed by atoms with van der Waals surface area (Å²) in [6, 6.07) is 4.19. The molecule has 0 unspecified atom stereocenters. The van der Waals surface area contributed by atoms with Crippen LogP contribution in [0.2, 0.25) is 0 Å². The SMILES string of the molecule is CCOC1(c2ccc(OS(=O)(=O)C(F)(F)F)cc2C(C)C)CC1. The molecular formula is C15H19F3O4S. The largest absolute Gasteiger partial charge is 0.534 e. The van der Waals surface area contributed by atoms with E-state index in [1.165, 1.54) is 12.1 Å². The first-order chi connectivity index (χ1) is 10.5. The molecule has 0 aromatic heterocycles. The molecule has 0 atom stereocenters. The van der Waals surface area contributed by atoms with Crippen molar-refractivity contribution in [1.82, 2.24) is 0 Å². The van der Waals surface area contributed by atoms with E-state index in [4.69, 9.17) is 4.74 Å². The Morgan fingerprint density at radius 1 is 1.26 bits per heavy atom. The Balaban J connectivity index is 2.38. The quantitative estimate of drug-likeness (QED) is 0.572. The molecule has 1 aliphatic carbocycles. The van der Waals surface area contributed by atoms with Crippen LogP contribution in [-0.2, 0) is 20.5 Å². The van der Waals surface area contributed by atoms with Crippen LogP contribution in [0, 0.1) is 0 Å². The molecule has 130 valence electrons. The van der Waals surface area contributed by atoms with Gasteiger partial charge in [0.05, 0.1) is 5.60 Å². The van der Waals surface area contributed by atoms with Crippen molar-refractivity contribution in [3.8, 4) is 5.75 Å². The first-order valence-electron chi connectivity index (χ1n) is 7.31. The molecule has 0 heterocycles. The zero-order chi connectivity index (χ0) is 17.5. The van der Waals surface area contributed by atoms with E-state index < -0.39 is 21.2 Å².